The molecule has 1 unspecified atom stereocenters. The maximum Gasteiger partial charge on any atom is 0.254 e. The molecule has 1 aliphatic heterocycles. The molecular formula is C18H23N3O3S. The Hall–Kier alpha value is -2.12. The molecule has 1 atom stereocenters. The summed E-state index contributed by atoms with van der Waals surface area (Å²) < 4.78 is 11.2. The fourth-order valence-corrected chi connectivity index (χ4v) is 3.47. The number of nitrogens with two attached hydrogens (primary N) is 1. The summed E-state index contributed by atoms with van der Waals surface area (Å²) in [5, 5.41) is 1.94. The number of carbonyl (C=O) groups is 1. The SMILES string of the molecule is COc1cc(C(=O)N2CCC(C)(CN)C2)ccc1OCc1cscn1. The lowest BCUT2D eigenvalue weighted by Gasteiger charge is -2.22. The molecule has 0 radical (unpaired) electrons. The number of benzene rings is 1. The zero-order valence-electron chi connectivity index (χ0n) is 14.5. The fraction of sp³-hybridized carbons (Fsp3) is 0.444. The molecular weight excluding hydrogens is 338 g/mol. The van der Waals surface area contributed by atoms with Gasteiger partial charge >= 0.3 is 0 Å². The Morgan fingerprint density at radius 3 is 2.92 bits per heavy atom. The summed E-state index contributed by atoms with van der Waals surface area (Å²) >= 11 is 1.53. The number of ether oxygens (including phenoxy) is 2. The van der Waals surface area contributed by atoms with Gasteiger partial charge in [0.05, 0.1) is 18.3 Å². The van der Waals surface area contributed by atoms with Gasteiger partial charge in [-0.1, -0.05) is 6.92 Å². The summed E-state index contributed by atoms with van der Waals surface area (Å²) in [6.45, 7) is 4.50. The summed E-state index contributed by atoms with van der Waals surface area (Å²) in [5.41, 5.74) is 9.07. The van der Waals surface area contributed by atoms with E-state index in [0.29, 0.717) is 36.8 Å². The standard InChI is InChI=1S/C18H23N3O3S/c1-18(10-19)5-6-21(11-18)17(22)13-3-4-15(16(7-13)23-2)24-8-14-9-25-12-20-14/h3-4,7,9,12H,5-6,8,10-11,19H2,1-2H3. The quantitative estimate of drug-likeness (QED) is 0.855. The lowest BCUT2D eigenvalue weighted by molar-refractivity contribution is 0.0776. The summed E-state index contributed by atoms with van der Waals surface area (Å²) in [5.74, 6) is 1.14. The summed E-state index contributed by atoms with van der Waals surface area (Å²) in [7, 11) is 1.57. The van der Waals surface area contributed by atoms with Crippen molar-refractivity contribution < 1.29 is 14.3 Å². The molecule has 25 heavy (non-hydrogen) atoms. The number of methoxy groups -OCH3 is 1. The zero-order chi connectivity index (χ0) is 17.9. The largest absolute Gasteiger partial charge is 0.493 e. The first kappa shape index (κ1) is 17.7. The molecule has 2 heterocycles. The van der Waals surface area contributed by atoms with E-state index in [2.05, 4.69) is 11.9 Å². The number of hydrogen-bond acceptors (Lipinski definition) is 6. The van der Waals surface area contributed by atoms with Crippen LogP contribution in [0.4, 0.5) is 0 Å². The third kappa shape index (κ3) is 3.93. The molecule has 0 bridgehead atoms. The van der Waals surface area contributed by atoms with E-state index in [1.165, 1.54) is 11.3 Å². The van der Waals surface area contributed by atoms with Crippen molar-refractivity contribution in [1.82, 2.24) is 9.88 Å². The van der Waals surface area contributed by atoms with E-state index in [-0.39, 0.29) is 11.3 Å². The molecule has 1 aliphatic rings. The number of hydrogen-bond donors (Lipinski definition) is 1. The smallest absolute Gasteiger partial charge is 0.254 e. The van der Waals surface area contributed by atoms with Gasteiger partial charge in [0.1, 0.15) is 6.61 Å². The van der Waals surface area contributed by atoms with Crippen LogP contribution in [0.15, 0.2) is 29.1 Å². The van der Waals surface area contributed by atoms with Crippen molar-refractivity contribution in [2.45, 2.75) is 20.0 Å². The van der Waals surface area contributed by atoms with E-state index >= 15 is 0 Å². The predicted molar refractivity (Wildman–Crippen MR) is 97.1 cm³/mol. The number of aromatic nitrogens is 1. The lowest BCUT2D eigenvalue weighted by Crippen LogP contribution is -2.34. The monoisotopic (exact) mass is 361 g/mol. The van der Waals surface area contributed by atoms with E-state index in [0.717, 1.165) is 18.7 Å². The van der Waals surface area contributed by atoms with E-state index in [9.17, 15) is 4.79 Å². The molecule has 0 spiro atoms. The average molecular weight is 361 g/mol. The van der Waals surface area contributed by atoms with Crippen LogP contribution in [-0.4, -0.2) is 42.5 Å². The first-order chi connectivity index (χ1) is 12.0. The minimum atomic E-state index is 0.00141. The highest BCUT2D eigenvalue weighted by molar-refractivity contribution is 7.07. The minimum Gasteiger partial charge on any atom is -0.493 e. The first-order valence-electron chi connectivity index (χ1n) is 8.22. The van der Waals surface area contributed by atoms with E-state index in [1.54, 1.807) is 30.8 Å². The predicted octanol–water partition coefficient (Wildman–Crippen LogP) is 2.54. The highest BCUT2D eigenvalue weighted by Crippen LogP contribution is 2.32. The minimum absolute atomic E-state index is 0.00141. The van der Waals surface area contributed by atoms with Gasteiger partial charge in [-0.25, -0.2) is 4.98 Å². The van der Waals surface area contributed by atoms with Crippen LogP contribution in [0.2, 0.25) is 0 Å². The van der Waals surface area contributed by atoms with E-state index < -0.39 is 0 Å². The van der Waals surface area contributed by atoms with Crippen LogP contribution in [-0.2, 0) is 6.61 Å². The number of carbonyl (C=O) groups excluding carboxylic acids is 1. The molecule has 0 aliphatic carbocycles. The van der Waals surface area contributed by atoms with Crippen LogP contribution in [0.1, 0.15) is 29.4 Å². The van der Waals surface area contributed by atoms with Crippen LogP contribution < -0.4 is 15.2 Å². The topological polar surface area (TPSA) is 77.7 Å². The third-order valence-corrected chi connectivity index (χ3v) is 5.24. The van der Waals surface area contributed by atoms with Gasteiger partial charge in [0.15, 0.2) is 11.5 Å². The molecule has 2 N–H and O–H groups in total. The Morgan fingerprint density at radius 2 is 2.28 bits per heavy atom. The maximum atomic E-state index is 12.8. The Labute approximate surface area is 151 Å². The Bertz CT molecular complexity index is 735. The van der Waals surface area contributed by atoms with Crippen LogP contribution in [0, 0.1) is 5.41 Å². The molecule has 6 nitrogen and oxygen atoms in total. The van der Waals surface area contributed by atoms with E-state index in [1.807, 2.05) is 10.3 Å². The van der Waals surface area contributed by atoms with Gasteiger partial charge in [-0.15, -0.1) is 11.3 Å². The van der Waals surface area contributed by atoms with Gasteiger partial charge in [0, 0.05) is 24.0 Å². The van der Waals surface area contributed by atoms with Crippen LogP contribution in [0.5, 0.6) is 11.5 Å². The second-order valence-electron chi connectivity index (χ2n) is 6.63. The van der Waals surface area contributed by atoms with Crippen molar-refractivity contribution in [2.75, 3.05) is 26.7 Å². The highest BCUT2D eigenvalue weighted by Gasteiger charge is 2.35. The number of likely N-dealkylation sites (tertiary alicyclic amines) is 1. The van der Waals surface area contributed by atoms with Crippen molar-refractivity contribution in [3.8, 4) is 11.5 Å². The third-order valence-electron chi connectivity index (χ3n) is 4.61. The first-order valence-corrected chi connectivity index (χ1v) is 9.16. The number of amides is 1. The van der Waals surface area contributed by atoms with Crippen molar-refractivity contribution in [2.24, 2.45) is 11.1 Å². The van der Waals surface area contributed by atoms with Crippen molar-refractivity contribution >= 4 is 17.2 Å². The number of nitrogens with zero attached hydrogens (tertiary/aromatic N) is 2. The normalized spacial score (nSPS) is 19.9. The van der Waals surface area contributed by atoms with Crippen LogP contribution >= 0.6 is 11.3 Å². The average Bonchev–Trinajstić information content (AvgIpc) is 3.29. The van der Waals surface area contributed by atoms with Gasteiger partial charge in [-0.3, -0.25) is 4.79 Å². The molecule has 3 rings (SSSR count). The second kappa shape index (κ2) is 7.41. The Morgan fingerprint density at radius 1 is 1.44 bits per heavy atom. The van der Waals surface area contributed by atoms with Crippen LogP contribution in [0.25, 0.3) is 0 Å². The van der Waals surface area contributed by atoms with Gasteiger partial charge in [0.2, 0.25) is 0 Å². The van der Waals surface area contributed by atoms with Crippen molar-refractivity contribution in [1.29, 1.82) is 0 Å². The summed E-state index contributed by atoms with van der Waals surface area (Å²) in [6, 6.07) is 5.28. The molecule has 1 aromatic heterocycles. The molecule has 7 heteroatoms. The molecule has 134 valence electrons. The summed E-state index contributed by atoms with van der Waals surface area (Å²) in [4.78, 5) is 18.8. The molecule has 1 saturated heterocycles. The zero-order valence-corrected chi connectivity index (χ0v) is 15.3. The Kier molecular flexibility index (Phi) is 5.24. The maximum absolute atomic E-state index is 12.8. The molecule has 1 amide bonds. The summed E-state index contributed by atoms with van der Waals surface area (Å²) in [6.07, 6.45) is 0.932. The van der Waals surface area contributed by atoms with Crippen molar-refractivity contribution in [3.63, 3.8) is 0 Å². The number of rotatable bonds is 6. The van der Waals surface area contributed by atoms with Gasteiger partial charge in [-0.2, -0.15) is 0 Å². The number of thiazole rings is 1. The fourth-order valence-electron chi connectivity index (χ4n) is 2.93. The Balaban J connectivity index is 1.71. The lowest BCUT2D eigenvalue weighted by atomic mass is 9.90. The second-order valence-corrected chi connectivity index (χ2v) is 7.34. The van der Waals surface area contributed by atoms with Crippen LogP contribution in [0.3, 0.4) is 0 Å². The molecule has 1 fully saturated rings. The van der Waals surface area contributed by atoms with Gasteiger partial charge < -0.3 is 20.1 Å². The van der Waals surface area contributed by atoms with E-state index in [4.69, 9.17) is 15.2 Å². The van der Waals surface area contributed by atoms with Gasteiger partial charge in [-0.05, 0) is 36.6 Å². The highest BCUT2D eigenvalue weighted by atomic mass is 32.1. The van der Waals surface area contributed by atoms with Crippen molar-refractivity contribution in [3.05, 3.63) is 40.3 Å². The molecule has 0 saturated carbocycles. The molecule has 2 aromatic rings. The molecule has 1 aromatic carbocycles. The van der Waals surface area contributed by atoms with Gasteiger partial charge in [0.25, 0.3) is 5.91 Å².